The number of hydrogen-bond donors (Lipinski definition) is 1. The normalized spacial score (nSPS) is 27.2. The van der Waals surface area contributed by atoms with E-state index in [0.29, 0.717) is 0 Å². The van der Waals surface area contributed by atoms with Gasteiger partial charge in [0.25, 0.3) is 0 Å². The van der Waals surface area contributed by atoms with Crippen LogP contribution < -0.4 is 5.32 Å². The van der Waals surface area contributed by atoms with Crippen molar-refractivity contribution in [3.63, 3.8) is 0 Å². The molecule has 88 valence electrons. The third-order valence-corrected chi connectivity index (χ3v) is 4.41. The van der Waals surface area contributed by atoms with Gasteiger partial charge in [-0.1, -0.05) is 0 Å². The van der Waals surface area contributed by atoms with Gasteiger partial charge in [-0.15, -0.1) is 11.3 Å². The lowest BCUT2D eigenvalue weighted by Crippen LogP contribution is -2.51. The van der Waals surface area contributed by atoms with Crippen molar-refractivity contribution in [2.24, 2.45) is 5.92 Å². The molecule has 1 aromatic rings. The summed E-state index contributed by atoms with van der Waals surface area (Å²) in [5, 5.41) is 4.92. The molecular formula is C12H19N3S. The fourth-order valence-corrected chi connectivity index (χ4v) is 3.30. The van der Waals surface area contributed by atoms with E-state index >= 15 is 0 Å². The van der Waals surface area contributed by atoms with E-state index in [2.05, 4.69) is 22.1 Å². The van der Waals surface area contributed by atoms with E-state index in [9.17, 15) is 0 Å². The van der Waals surface area contributed by atoms with Gasteiger partial charge in [0.15, 0.2) is 0 Å². The second kappa shape index (κ2) is 4.43. The van der Waals surface area contributed by atoms with Crippen LogP contribution in [0.1, 0.15) is 22.7 Å². The molecule has 0 spiro atoms. The first-order chi connectivity index (χ1) is 7.81. The highest BCUT2D eigenvalue weighted by Crippen LogP contribution is 2.33. The SMILES string of the molecule is Cc1cnc(CN2CCNC(C3CC3)C2)s1. The molecule has 2 fully saturated rings. The van der Waals surface area contributed by atoms with E-state index in [-0.39, 0.29) is 0 Å². The molecule has 2 aliphatic rings. The van der Waals surface area contributed by atoms with Crippen LogP contribution in [-0.4, -0.2) is 35.6 Å². The van der Waals surface area contributed by atoms with Crippen molar-refractivity contribution >= 4 is 11.3 Å². The summed E-state index contributed by atoms with van der Waals surface area (Å²) in [6, 6.07) is 0.745. The van der Waals surface area contributed by atoms with Gasteiger partial charge in [-0.2, -0.15) is 0 Å². The lowest BCUT2D eigenvalue weighted by atomic mass is 10.1. The third-order valence-electron chi connectivity index (χ3n) is 3.51. The monoisotopic (exact) mass is 237 g/mol. The average molecular weight is 237 g/mol. The largest absolute Gasteiger partial charge is 0.311 e. The number of nitrogens with one attached hydrogen (secondary N) is 1. The molecule has 1 unspecified atom stereocenters. The molecule has 1 aromatic heterocycles. The minimum absolute atomic E-state index is 0.745. The Bertz CT molecular complexity index is 359. The highest BCUT2D eigenvalue weighted by molar-refractivity contribution is 7.11. The van der Waals surface area contributed by atoms with Crippen LogP contribution in [0.4, 0.5) is 0 Å². The van der Waals surface area contributed by atoms with Crippen molar-refractivity contribution in [1.82, 2.24) is 15.2 Å². The molecule has 3 nitrogen and oxygen atoms in total. The minimum atomic E-state index is 0.745. The van der Waals surface area contributed by atoms with Crippen LogP contribution in [0.3, 0.4) is 0 Å². The number of piperazine rings is 1. The molecule has 0 aromatic carbocycles. The van der Waals surface area contributed by atoms with Gasteiger partial charge in [0.2, 0.25) is 0 Å². The second-order valence-electron chi connectivity index (χ2n) is 5.00. The Morgan fingerprint density at radius 2 is 2.44 bits per heavy atom. The zero-order valence-corrected chi connectivity index (χ0v) is 10.6. The van der Waals surface area contributed by atoms with Gasteiger partial charge in [-0.25, -0.2) is 4.98 Å². The molecule has 2 heterocycles. The first kappa shape index (κ1) is 10.7. The molecule has 4 heteroatoms. The van der Waals surface area contributed by atoms with Crippen LogP contribution in [0.5, 0.6) is 0 Å². The van der Waals surface area contributed by atoms with Gasteiger partial charge in [0.05, 0.1) is 6.54 Å². The summed E-state index contributed by atoms with van der Waals surface area (Å²) in [6.45, 7) is 6.70. The Morgan fingerprint density at radius 1 is 1.56 bits per heavy atom. The Kier molecular flexibility index (Phi) is 2.96. The zero-order chi connectivity index (χ0) is 11.0. The van der Waals surface area contributed by atoms with Crippen molar-refractivity contribution in [2.45, 2.75) is 32.4 Å². The molecule has 1 aliphatic carbocycles. The second-order valence-corrected chi connectivity index (χ2v) is 6.32. The lowest BCUT2D eigenvalue weighted by Gasteiger charge is -2.33. The Balaban J connectivity index is 1.57. The molecule has 3 rings (SSSR count). The maximum Gasteiger partial charge on any atom is 0.107 e. The summed E-state index contributed by atoms with van der Waals surface area (Å²) < 4.78 is 0. The van der Waals surface area contributed by atoms with E-state index in [1.807, 2.05) is 17.5 Å². The number of hydrogen-bond acceptors (Lipinski definition) is 4. The Hall–Kier alpha value is -0.450. The molecule has 16 heavy (non-hydrogen) atoms. The van der Waals surface area contributed by atoms with Crippen LogP contribution in [0.25, 0.3) is 0 Å². The van der Waals surface area contributed by atoms with Gasteiger partial charge in [-0.05, 0) is 25.7 Å². The number of nitrogens with zero attached hydrogens (tertiary/aromatic N) is 2. The van der Waals surface area contributed by atoms with Crippen LogP contribution >= 0.6 is 11.3 Å². The van der Waals surface area contributed by atoms with E-state index in [1.54, 1.807) is 0 Å². The predicted octanol–water partition coefficient (Wildman–Crippen LogP) is 1.64. The maximum atomic E-state index is 4.45. The van der Waals surface area contributed by atoms with Gasteiger partial charge < -0.3 is 5.32 Å². The Labute approximate surface area is 101 Å². The summed E-state index contributed by atoms with van der Waals surface area (Å²) in [4.78, 5) is 8.33. The van der Waals surface area contributed by atoms with E-state index < -0.39 is 0 Å². The molecule has 0 amide bonds. The predicted molar refractivity (Wildman–Crippen MR) is 66.6 cm³/mol. The van der Waals surface area contributed by atoms with Crippen LogP contribution in [0.2, 0.25) is 0 Å². The summed E-state index contributed by atoms with van der Waals surface area (Å²) in [7, 11) is 0. The number of thiazole rings is 1. The first-order valence-electron chi connectivity index (χ1n) is 6.18. The number of aryl methyl sites for hydroxylation is 1. The van der Waals surface area contributed by atoms with Crippen molar-refractivity contribution in [3.05, 3.63) is 16.1 Å². The number of rotatable bonds is 3. The van der Waals surface area contributed by atoms with Crippen LogP contribution in [0, 0.1) is 12.8 Å². The molecule has 0 radical (unpaired) electrons. The van der Waals surface area contributed by atoms with Crippen molar-refractivity contribution in [3.8, 4) is 0 Å². The maximum absolute atomic E-state index is 4.45. The van der Waals surface area contributed by atoms with Gasteiger partial charge in [0.1, 0.15) is 5.01 Å². The zero-order valence-electron chi connectivity index (χ0n) is 9.78. The van der Waals surface area contributed by atoms with Crippen molar-refractivity contribution < 1.29 is 0 Å². The quantitative estimate of drug-likeness (QED) is 0.866. The van der Waals surface area contributed by atoms with Crippen molar-refractivity contribution in [2.75, 3.05) is 19.6 Å². The van der Waals surface area contributed by atoms with E-state index in [0.717, 1.165) is 25.0 Å². The van der Waals surface area contributed by atoms with Gasteiger partial charge >= 0.3 is 0 Å². The highest BCUT2D eigenvalue weighted by atomic mass is 32.1. The topological polar surface area (TPSA) is 28.2 Å². The summed E-state index contributed by atoms with van der Waals surface area (Å²) in [5.41, 5.74) is 0. The average Bonchev–Trinajstić information content (AvgIpc) is 3.05. The lowest BCUT2D eigenvalue weighted by molar-refractivity contribution is 0.181. The molecular weight excluding hydrogens is 218 g/mol. The van der Waals surface area contributed by atoms with E-state index in [4.69, 9.17) is 0 Å². The minimum Gasteiger partial charge on any atom is -0.311 e. The molecule has 1 aliphatic heterocycles. The Morgan fingerprint density at radius 3 is 3.12 bits per heavy atom. The summed E-state index contributed by atoms with van der Waals surface area (Å²) in [5.74, 6) is 0.959. The molecule has 1 atom stereocenters. The molecule has 1 saturated carbocycles. The molecule has 1 saturated heterocycles. The summed E-state index contributed by atoms with van der Waals surface area (Å²) in [6.07, 6.45) is 4.85. The molecule has 1 N–H and O–H groups in total. The van der Waals surface area contributed by atoms with Crippen LogP contribution in [-0.2, 0) is 6.54 Å². The van der Waals surface area contributed by atoms with E-state index in [1.165, 1.54) is 35.8 Å². The first-order valence-corrected chi connectivity index (χ1v) is 7.00. The van der Waals surface area contributed by atoms with Gasteiger partial charge in [0, 0.05) is 36.8 Å². The van der Waals surface area contributed by atoms with Gasteiger partial charge in [-0.3, -0.25) is 4.90 Å². The fourth-order valence-electron chi connectivity index (χ4n) is 2.47. The summed E-state index contributed by atoms with van der Waals surface area (Å²) >= 11 is 1.83. The van der Waals surface area contributed by atoms with Crippen LogP contribution in [0.15, 0.2) is 6.20 Å². The smallest absolute Gasteiger partial charge is 0.107 e. The van der Waals surface area contributed by atoms with Crippen molar-refractivity contribution in [1.29, 1.82) is 0 Å². The third kappa shape index (κ3) is 2.44. The number of aromatic nitrogens is 1. The standard InChI is InChI=1S/C12H19N3S/c1-9-6-14-12(16-9)8-15-5-4-13-11(7-15)10-2-3-10/h6,10-11,13H,2-5,7-8H2,1H3. The molecule has 0 bridgehead atoms. The highest BCUT2D eigenvalue weighted by Gasteiger charge is 2.33. The fraction of sp³-hybridized carbons (Fsp3) is 0.750.